The minimum absolute atomic E-state index is 0.221. The van der Waals surface area contributed by atoms with Gasteiger partial charge in [-0.3, -0.25) is 4.79 Å². The van der Waals surface area contributed by atoms with Gasteiger partial charge in [0, 0.05) is 32.9 Å². The van der Waals surface area contributed by atoms with Gasteiger partial charge in [0.15, 0.2) is 0 Å². The molecule has 2 N–H and O–H groups in total. The summed E-state index contributed by atoms with van der Waals surface area (Å²) in [5, 5.41) is 5.97. The number of benzene rings is 1. The smallest absolute Gasteiger partial charge is 0.270 e. The first-order chi connectivity index (χ1) is 11.7. The zero-order valence-electron chi connectivity index (χ0n) is 13.9. The van der Waals surface area contributed by atoms with Crippen molar-refractivity contribution in [1.29, 1.82) is 0 Å². The van der Waals surface area contributed by atoms with E-state index in [0.29, 0.717) is 31.2 Å². The summed E-state index contributed by atoms with van der Waals surface area (Å²) in [5.74, 6) is 1.19. The van der Waals surface area contributed by atoms with Crippen LogP contribution in [-0.4, -0.2) is 43.2 Å². The summed E-state index contributed by atoms with van der Waals surface area (Å²) in [6.07, 6.45) is 2.14. The number of ether oxygens (including phenoxy) is 2. The molecule has 2 aromatic rings. The molecule has 0 saturated heterocycles. The fourth-order valence-corrected chi connectivity index (χ4v) is 2.02. The van der Waals surface area contributed by atoms with Crippen LogP contribution in [0.2, 0.25) is 0 Å². The quantitative estimate of drug-likeness (QED) is 0.683. The Bertz CT molecular complexity index is 647. The van der Waals surface area contributed by atoms with E-state index < -0.39 is 0 Å². The average Bonchev–Trinajstić information content (AvgIpc) is 2.64. The van der Waals surface area contributed by atoms with Crippen LogP contribution in [0.15, 0.2) is 36.7 Å². The minimum atomic E-state index is -0.221. The predicted molar refractivity (Wildman–Crippen MR) is 91.2 cm³/mol. The molecule has 0 saturated carbocycles. The Morgan fingerprint density at radius 1 is 1.17 bits per heavy atom. The van der Waals surface area contributed by atoms with Gasteiger partial charge in [-0.25, -0.2) is 9.97 Å². The zero-order chi connectivity index (χ0) is 17.2. The maximum absolute atomic E-state index is 12.0. The number of nitrogens with zero attached hydrogens (tertiary/aromatic N) is 2. The first-order valence-corrected chi connectivity index (χ1v) is 7.69. The molecule has 0 unspecified atom stereocenters. The summed E-state index contributed by atoms with van der Waals surface area (Å²) < 4.78 is 10.1. The van der Waals surface area contributed by atoms with Crippen molar-refractivity contribution in [3.63, 3.8) is 0 Å². The van der Waals surface area contributed by atoms with Crippen LogP contribution in [0, 0.1) is 0 Å². The van der Waals surface area contributed by atoms with Gasteiger partial charge in [0.05, 0.1) is 7.11 Å². The van der Waals surface area contributed by atoms with Gasteiger partial charge in [0.1, 0.15) is 23.6 Å². The lowest BCUT2D eigenvalue weighted by Gasteiger charge is -2.08. The molecule has 1 aromatic carbocycles. The zero-order valence-corrected chi connectivity index (χ0v) is 13.9. The van der Waals surface area contributed by atoms with Crippen molar-refractivity contribution >= 4 is 11.7 Å². The lowest BCUT2D eigenvalue weighted by Crippen LogP contribution is -2.26. The van der Waals surface area contributed by atoms with E-state index in [2.05, 4.69) is 20.6 Å². The third-order valence-corrected chi connectivity index (χ3v) is 3.34. The number of hydrogen-bond donors (Lipinski definition) is 2. The van der Waals surface area contributed by atoms with Gasteiger partial charge in [-0.05, 0) is 24.1 Å². The standard InChI is InChI=1S/C17H22N4O3/c1-23-9-3-8-18-17(22)15-10-16(21-12-20-15)19-11-13-4-6-14(24-2)7-5-13/h4-7,10,12H,3,8-9,11H2,1-2H3,(H,18,22)(H,19,20,21). The predicted octanol–water partition coefficient (Wildman–Crippen LogP) is 1.86. The normalized spacial score (nSPS) is 10.2. The molecule has 7 nitrogen and oxygen atoms in total. The van der Waals surface area contributed by atoms with E-state index in [1.54, 1.807) is 20.3 Å². The van der Waals surface area contributed by atoms with E-state index in [4.69, 9.17) is 9.47 Å². The monoisotopic (exact) mass is 330 g/mol. The Balaban J connectivity index is 1.88. The lowest BCUT2D eigenvalue weighted by atomic mass is 10.2. The fourth-order valence-electron chi connectivity index (χ4n) is 2.02. The van der Waals surface area contributed by atoms with Gasteiger partial charge < -0.3 is 20.1 Å². The van der Waals surface area contributed by atoms with Crippen molar-refractivity contribution < 1.29 is 14.3 Å². The highest BCUT2D eigenvalue weighted by atomic mass is 16.5. The van der Waals surface area contributed by atoms with Crippen molar-refractivity contribution in [2.75, 3.05) is 32.7 Å². The van der Waals surface area contributed by atoms with Crippen molar-refractivity contribution in [1.82, 2.24) is 15.3 Å². The maximum atomic E-state index is 12.0. The number of methoxy groups -OCH3 is 2. The van der Waals surface area contributed by atoms with E-state index >= 15 is 0 Å². The maximum Gasteiger partial charge on any atom is 0.270 e. The topological polar surface area (TPSA) is 85.4 Å². The highest BCUT2D eigenvalue weighted by Gasteiger charge is 2.08. The lowest BCUT2D eigenvalue weighted by molar-refractivity contribution is 0.0943. The van der Waals surface area contributed by atoms with Crippen LogP contribution in [-0.2, 0) is 11.3 Å². The van der Waals surface area contributed by atoms with Crippen LogP contribution < -0.4 is 15.4 Å². The van der Waals surface area contributed by atoms with Crippen molar-refractivity contribution in [2.45, 2.75) is 13.0 Å². The number of rotatable bonds is 9. The second-order valence-electron chi connectivity index (χ2n) is 5.09. The summed E-state index contributed by atoms with van der Waals surface area (Å²) in [7, 11) is 3.27. The second kappa shape index (κ2) is 9.46. The van der Waals surface area contributed by atoms with Crippen LogP contribution >= 0.6 is 0 Å². The molecule has 128 valence electrons. The Kier molecular flexibility index (Phi) is 6.97. The van der Waals surface area contributed by atoms with Crippen molar-refractivity contribution in [2.24, 2.45) is 0 Å². The number of hydrogen-bond acceptors (Lipinski definition) is 6. The number of anilines is 1. The third kappa shape index (κ3) is 5.51. The van der Waals surface area contributed by atoms with Crippen LogP contribution in [0.4, 0.5) is 5.82 Å². The molecule has 0 spiro atoms. The largest absolute Gasteiger partial charge is 0.497 e. The van der Waals surface area contributed by atoms with Crippen LogP contribution in [0.25, 0.3) is 0 Å². The van der Waals surface area contributed by atoms with Crippen LogP contribution in [0.5, 0.6) is 5.75 Å². The highest BCUT2D eigenvalue weighted by Crippen LogP contribution is 2.13. The van der Waals surface area contributed by atoms with Crippen LogP contribution in [0.3, 0.4) is 0 Å². The Hall–Kier alpha value is -2.67. The summed E-state index contributed by atoms with van der Waals surface area (Å²) >= 11 is 0. The number of carbonyl (C=O) groups is 1. The Morgan fingerprint density at radius 3 is 2.67 bits per heavy atom. The molecule has 7 heteroatoms. The first-order valence-electron chi connectivity index (χ1n) is 7.69. The summed E-state index contributed by atoms with van der Waals surface area (Å²) in [6.45, 7) is 1.75. The summed E-state index contributed by atoms with van der Waals surface area (Å²) in [6, 6.07) is 9.37. The minimum Gasteiger partial charge on any atom is -0.497 e. The molecule has 0 bridgehead atoms. The second-order valence-corrected chi connectivity index (χ2v) is 5.09. The number of aromatic nitrogens is 2. The van der Waals surface area contributed by atoms with E-state index in [-0.39, 0.29) is 5.91 Å². The average molecular weight is 330 g/mol. The Labute approximate surface area is 141 Å². The van der Waals surface area contributed by atoms with Gasteiger partial charge in [0.2, 0.25) is 0 Å². The summed E-state index contributed by atoms with van der Waals surface area (Å²) in [5.41, 5.74) is 1.42. The van der Waals surface area contributed by atoms with E-state index in [9.17, 15) is 4.79 Å². The molecular weight excluding hydrogens is 308 g/mol. The summed E-state index contributed by atoms with van der Waals surface area (Å²) in [4.78, 5) is 20.2. The molecule has 0 aliphatic rings. The van der Waals surface area contributed by atoms with Crippen LogP contribution in [0.1, 0.15) is 22.5 Å². The van der Waals surface area contributed by atoms with E-state index in [0.717, 1.165) is 17.7 Å². The molecule has 24 heavy (non-hydrogen) atoms. The third-order valence-electron chi connectivity index (χ3n) is 3.34. The van der Waals surface area contributed by atoms with Gasteiger partial charge in [-0.15, -0.1) is 0 Å². The van der Waals surface area contributed by atoms with Crippen molar-refractivity contribution in [3.05, 3.63) is 47.9 Å². The van der Waals surface area contributed by atoms with Gasteiger partial charge in [0.25, 0.3) is 5.91 Å². The highest BCUT2D eigenvalue weighted by molar-refractivity contribution is 5.92. The number of carbonyl (C=O) groups excluding carboxylic acids is 1. The molecule has 0 aliphatic heterocycles. The molecule has 1 amide bonds. The molecule has 0 radical (unpaired) electrons. The van der Waals surface area contributed by atoms with E-state index in [1.165, 1.54) is 6.33 Å². The number of nitrogens with one attached hydrogen (secondary N) is 2. The first kappa shape index (κ1) is 17.7. The molecule has 0 aliphatic carbocycles. The van der Waals surface area contributed by atoms with E-state index in [1.807, 2.05) is 24.3 Å². The van der Waals surface area contributed by atoms with Crippen molar-refractivity contribution in [3.8, 4) is 5.75 Å². The molecule has 1 heterocycles. The molecule has 2 rings (SSSR count). The molecule has 0 atom stereocenters. The molecule has 1 aromatic heterocycles. The molecule has 0 fully saturated rings. The number of amides is 1. The SMILES string of the molecule is COCCCNC(=O)c1cc(NCc2ccc(OC)cc2)ncn1. The van der Waals surface area contributed by atoms with Gasteiger partial charge in [-0.2, -0.15) is 0 Å². The Morgan fingerprint density at radius 2 is 1.96 bits per heavy atom. The molecular formula is C17H22N4O3. The van der Waals surface area contributed by atoms with Gasteiger partial charge in [-0.1, -0.05) is 12.1 Å². The fraction of sp³-hybridized carbons (Fsp3) is 0.353. The van der Waals surface area contributed by atoms with Gasteiger partial charge >= 0.3 is 0 Å².